The second-order valence-electron chi connectivity index (χ2n) is 10.4. The standard InChI is InChI=1S/C28H24ClF4N5O3S/c1-38-25-20(5-6-21(29)23(25)26(36-38)37-42(2,40)41)19-4-3-18(7-8-27(39)13-28(32,33)14-27)35-24(19)22(34)11-15-9-16(30)12-17(31)10-15/h3-6,9-10,12,22,39H,11,13-14,34H2,1-2H3,(H,36,37). The maximum atomic E-state index is 13.9. The fourth-order valence-electron chi connectivity index (χ4n) is 5.05. The van der Waals surface area contributed by atoms with Crippen LogP contribution in [0.1, 0.15) is 35.8 Å². The summed E-state index contributed by atoms with van der Waals surface area (Å²) in [6.45, 7) is 0. The molecule has 0 bridgehead atoms. The summed E-state index contributed by atoms with van der Waals surface area (Å²) in [5.74, 6) is 0.531. The van der Waals surface area contributed by atoms with Gasteiger partial charge in [0.25, 0.3) is 5.92 Å². The molecule has 2 heterocycles. The molecule has 8 nitrogen and oxygen atoms in total. The third kappa shape index (κ3) is 6.22. The van der Waals surface area contributed by atoms with Crippen LogP contribution in [0.2, 0.25) is 5.02 Å². The van der Waals surface area contributed by atoms with Crippen LogP contribution < -0.4 is 10.5 Å². The molecular weight excluding hydrogens is 598 g/mol. The van der Waals surface area contributed by atoms with Gasteiger partial charge in [-0.05, 0) is 48.2 Å². The number of halogens is 5. The molecular formula is C28H24ClF4N5O3S. The summed E-state index contributed by atoms with van der Waals surface area (Å²) < 4.78 is 82.2. The van der Waals surface area contributed by atoms with Crippen molar-refractivity contribution in [2.24, 2.45) is 12.8 Å². The van der Waals surface area contributed by atoms with Gasteiger partial charge in [0.15, 0.2) is 5.82 Å². The predicted octanol–water partition coefficient (Wildman–Crippen LogP) is 4.69. The first-order valence-corrected chi connectivity index (χ1v) is 14.8. The Bertz CT molecular complexity index is 1870. The van der Waals surface area contributed by atoms with E-state index < -0.39 is 52.1 Å². The van der Waals surface area contributed by atoms with Crippen molar-refractivity contribution in [2.45, 2.75) is 36.8 Å². The van der Waals surface area contributed by atoms with Crippen molar-refractivity contribution in [3.63, 3.8) is 0 Å². The number of fused-ring (bicyclic) bond motifs is 1. The van der Waals surface area contributed by atoms with Gasteiger partial charge in [0.1, 0.15) is 22.9 Å². The zero-order valence-corrected chi connectivity index (χ0v) is 23.8. The van der Waals surface area contributed by atoms with E-state index in [2.05, 4.69) is 26.6 Å². The average Bonchev–Trinajstić information content (AvgIpc) is 3.16. The van der Waals surface area contributed by atoms with Gasteiger partial charge in [0, 0.05) is 24.2 Å². The van der Waals surface area contributed by atoms with Crippen molar-refractivity contribution in [1.82, 2.24) is 14.8 Å². The summed E-state index contributed by atoms with van der Waals surface area (Å²) in [5.41, 5.74) is 6.70. The van der Waals surface area contributed by atoms with Crippen LogP contribution in [0.25, 0.3) is 22.0 Å². The van der Waals surface area contributed by atoms with Gasteiger partial charge in [-0.2, -0.15) is 5.10 Å². The lowest BCUT2D eigenvalue weighted by atomic mass is 9.77. The highest BCUT2D eigenvalue weighted by molar-refractivity contribution is 7.92. The number of aryl methyl sites for hydroxylation is 1. The summed E-state index contributed by atoms with van der Waals surface area (Å²) in [4.78, 5) is 4.55. The summed E-state index contributed by atoms with van der Waals surface area (Å²) in [6, 6.07) is 8.42. The van der Waals surface area contributed by atoms with Crippen LogP contribution >= 0.6 is 11.6 Å². The second kappa shape index (κ2) is 10.5. The average molecular weight is 622 g/mol. The van der Waals surface area contributed by atoms with E-state index in [4.69, 9.17) is 17.3 Å². The number of nitrogens with zero attached hydrogens (tertiary/aromatic N) is 3. The Kier molecular flexibility index (Phi) is 7.47. The Morgan fingerprint density at radius 2 is 1.79 bits per heavy atom. The molecule has 5 rings (SSSR count). The highest BCUT2D eigenvalue weighted by Crippen LogP contribution is 2.45. The van der Waals surface area contributed by atoms with E-state index in [0.717, 1.165) is 24.5 Å². The van der Waals surface area contributed by atoms with Crippen LogP contribution in [0, 0.1) is 23.5 Å². The first kappa shape index (κ1) is 29.8. The van der Waals surface area contributed by atoms with E-state index in [-0.39, 0.29) is 34.2 Å². The fraction of sp³-hybridized carbons (Fsp3) is 0.286. The van der Waals surface area contributed by atoms with Gasteiger partial charge < -0.3 is 10.8 Å². The summed E-state index contributed by atoms with van der Waals surface area (Å²) in [6.07, 6.45) is -0.654. The number of anilines is 1. The third-order valence-corrected chi connectivity index (χ3v) is 7.57. The minimum Gasteiger partial charge on any atom is -0.377 e. The Hall–Kier alpha value is -3.70. The molecule has 4 aromatic rings. The lowest BCUT2D eigenvalue weighted by Crippen LogP contribution is -2.50. The van der Waals surface area contributed by atoms with Gasteiger partial charge in [0.2, 0.25) is 10.0 Å². The smallest absolute Gasteiger partial charge is 0.255 e. The van der Waals surface area contributed by atoms with Crippen molar-refractivity contribution < 1.29 is 31.1 Å². The maximum absolute atomic E-state index is 13.9. The normalized spacial score (nSPS) is 16.4. The number of pyridine rings is 1. The first-order chi connectivity index (χ1) is 19.5. The number of rotatable bonds is 6. The summed E-state index contributed by atoms with van der Waals surface area (Å²) in [5, 5.41) is 15.1. The van der Waals surface area contributed by atoms with E-state index >= 15 is 0 Å². The zero-order chi connectivity index (χ0) is 30.6. The Morgan fingerprint density at radius 1 is 1.14 bits per heavy atom. The molecule has 42 heavy (non-hydrogen) atoms. The fourth-order valence-corrected chi connectivity index (χ4v) is 5.79. The van der Waals surface area contributed by atoms with Crippen LogP contribution in [-0.4, -0.2) is 46.1 Å². The van der Waals surface area contributed by atoms with Crippen molar-refractivity contribution in [2.75, 3.05) is 11.0 Å². The van der Waals surface area contributed by atoms with Gasteiger partial charge in [0.05, 0.1) is 46.8 Å². The zero-order valence-electron chi connectivity index (χ0n) is 22.2. The number of aromatic nitrogens is 3. The van der Waals surface area contributed by atoms with Crippen molar-refractivity contribution in [1.29, 1.82) is 0 Å². The van der Waals surface area contributed by atoms with E-state index in [1.807, 2.05) is 0 Å². The SMILES string of the molecule is Cn1nc(NS(C)(=O)=O)c2c(Cl)ccc(-c3ccc(C#CC4(O)CC(F)(F)C4)nc3C(N)Cc3cc(F)cc(F)c3)c21. The number of nitrogens with two attached hydrogens (primary N) is 1. The van der Waals surface area contributed by atoms with E-state index in [1.54, 1.807) is 25.2 Å². The quantitative estimate of drug-likeness (QED) is 0.212. The summed E-state index contributed by atoms with van der Waals surface area (Å²) >= 11 is 6.46. The van der Waals surface area contributed by atoms with Crippen molar-refractivity contribution in [3.05, 3.63) is 76.1 Å². The molecule has 0 saturated heterocycles. The third-order valence-electron chi connectivity index (χ3n) is 6.69. The molecule has 1 atom stereocenters. The molecule has 0 aliphatic heterocycles. The lowest BCUT2D eigenvalue weighted by Gasteiger charge is -2.39. The number of hydrogen-bond donors (Lipinski definition) is 3. The lowest BCUT2D eigenvalue weighted by molar-refractivity contribution is -0.176. The molecule has 4 N–H and O–H groups in total. The number of nitrogens with one attached hydrogen (secondary N) is 1. The highest BCUT2D eigenvalue weighted by Gasteiger charge is 2.55. The Balaban J connectivity index is 1.65. The number of sulfonamides is 1. The monoisotopic (exact) mass is 621 g/mol. The van der Waals surface area contributed by atoms with Gasteiger partial charge in [-0.3, -0.25) is 9.40 Å². The van der Waals surface area contributed by atoms with E-state index in [9.17, 15) is 31.1 Å². The van der Waals surface area contributed by atoms with Gasteiger partial charge in [-0.25, -0.2) is 31.0 Å². The molecule has 1 aliphatic carbocycles. The molecule has 1 fully saturated rings. The van der Waals surface area contributed by atoms with Crippen LogP contribution in [0.4, 0.5) is 23.4 Å². The molecule has 2 aromatic carbocycles. The Labute approximate surface area is 243 Å². The molecule has 0 radical (unpaired) electrons. The minimum atomic E-state index is -3.70. The largest absolute Gasteiger partial charge is 0.377 e. The number of alkyl halides is 2. The molecule has 1 unspecified atom stereocenters. The van der Waals surface area contributed by atoms with Gasteiger partial charge >= 0.3 is 0 Å². The number of benzene rings is 2. The van der Waals surface area contributed by atoms with Gasteiger partial charge in [-0.1, -0.05) is 23.6 Å². The molecule has 0 amide bonds. The van der Waals surface area contributed by atoms with Crippen LogP contribution in [0.3, 0.4) is 0 Å². The Morgan fingerprint density at radius 3 is 2.40 bits per heavy atom. The van der Waals surface area contributed by atoms with Crippen LogP contribution in [0.5, 0.6) is 0 Å². The van der Waals surface area contributed by atoms with Crippen molar-refractivity contribution in [3.8, 4) is 23.0 Å². The van der Waals surface area contributed by atoms with Gasteiger partial charge in [-0.15, -0.1) is 0 Å². The topological polar surface area (TPSA) is 123 Å². The van der Waals surface area contributed by atoms with Crippen molar-refractivity contribution >= 4 is 38.3 Å². The van der Waals surface area contributed by atoms with E-state index in [1.165, 1.54) is 10.7 Å². The first-order valence-electron chi connectivity index (χ1n) is 12.5. The van der Waals surface area contributed by atoms with E-state index in [0.29, 0.717) is 22.0 Å². The molecule has 1 aliphatic rings. The highest BCUT2D eigenvalue weighted by atomic mass is 35.5. The minimum absolute atomic E-state index is 0.00363. The predicted molar refractivity (Wildman–Crippen MR) is 150 cm³/mol. The molecule has 14 heteroatoms. The van der Waals surface area contributed by atoms with Crippen LogP contribution in [-0.2, 0) is 23.5 Å². The number of aliphatic hydroxyl groups is 1. The molecule has 0 spiro atoms. The molecule has 2 aromatic heterocycles. The number of hydrogen-bond acceptors (Lipinski definition) is 6. The van der Waals surface area contributed by atoms with Crippen LogP contribution in [0.15, 0.2) is 42.5 Å². The maximum Gasteiger partial charge on any atom is 0.255 e. The molecule has 220 valence electrons. The second-order valence-corrected chi connectivity index (χ2v) is 12.5. The summed E-state index contributed by atoms with van der Waals surface area (Å²) in [7, 11) is -2.11. The molecule has 1 saturated carbocycles.